The lowest BCUT2D eigenvalue weighted by atomic mass is 9.81. The van der Waals surface area contributed by atoms with Gasteiger partial charge in [0, 0.05) is 25.6 Å². The van der Waals surface area contributed by atoms with E-state index in [-0.39, 0.29) is 30.7 Å². The molecule has 1 aromatic carbocycles. The van der Waals surface area contributed by atoms with Gasteiger partial charge in [-0.05, 0) is 30.9 Å². The van der Waals surface area contributed by atoms with Crippen molar-refractivity contribution in [2.75, 3.05) is 26.2 Å². The topological polar surface area (TPSA) is 72.4 Å². The maximum absolute atomic E-state index is 13.0. The minimum absolute atomic E-state index is 0. The number of carbonyl (C=O) groups excluding carboxylic acids is 1. The van der Waals surface area contributed by atoms with Crippen LogP contribution in [-0.4, -0.2) is 37.0 Å². The van der Waals surface area contributed by atoms with Crippen LogP contribution in [0.2, 0.25) is 0 Å². The minimum Gasteiger partial charge on any atom is -0.341 e. The second kappa shape index (κ2) is 10.2. The van der Waals surface area contributed by atoms with E-state index in [4.69, 9.17) is 11.5 Å². The summed E-state index contributed by atoms with van der Waals surface area (Å²) in [4.78, 5) is 15.0. The zero-order valence-corrected chi connectivity index (χ0v) is 16.2. The third-order valence-electron chi connectivity index (χ3n) is 5.46. The number of likely N-dealkylation sites (tertiary alicyclic amines) is 1. The van der Waals surface area contributed by atoms with Gasteiger partial charge >= 0.3 is 0 Å². The molecule has 1 saturated heterocycles. The fourth-order valence-electron chi connectivity index (χ4n) is 3.62. The molecule has 0 bridgehead atoms. The van der Waals surface area contributed by atoms with E-state index >= 15 is 0 Å². The van der Waals surface area contributed by atoms with Crippen LogP contribution in [0.15, 0.2) is 30.3 Å². The second-order valence-corrected chi connectivity index (χ2v) is 6.41. The molecule has 0 unspecified atom stereocenters. The average molecular weight is 376 g/mol. The van der Waals surface area contributed by atoms with E-state index in [2.05, 4.69) is 38.1 Å². The van der Waals surface area contributed by atoms with Crippen molar-refractivity contribution in [1.82, 2.24) is 4.90 Å². The molecule has 1 aliphatic heterocycles. The molecule has 1 aromatic rings. The molecule has 2 atom stereocenters. The van der Waals surface area contributed by atoms with Gasteiger partial charge < -0.3 is 16.4 Å². The molecule has 24 heavy (non-hydrogen) atoms. The number of nitrogens with two attached hydrogens (primary N) is 2. The molecule has 138 valence electrons. The highest BCUT2D eigenvalue weighted by molar-refractivity contribution is 5.85. The zero-order chi connectivity index (χ0) is 16.2. The molecular weight excluding hydrogens is 345 g/mol. The zero-order valence-electron chi connectivity index (χ0n) is 14.6. The maximum atomic E-state index is 13.0. The van der Waals surface area contributed by atoms with Crippen LogP contribution >= 0.6 is 24.8 Å². The van der Waals surface area contributed by atoms with Gasteiger partial charge in [0.15, 0.2) is 0 Å². The van der Waals surface area contributed by atoms with Gasteiger partial charge in [0.2, 0.25) is 5.91 Å². The molecule has 0 radical (unpaired) electrons. The highest BCUT2D eigenvalue weighted by Crippen LogP contribution is 2.36. The Labute approximate surface area is 158 Å². The summed E-state index contributed by atoms with van der Waals surface area (Å²) >= 11 is 0. The van der Waals surface area contributed by atoms with Gasteiger partial charge in [0.1, 0.15) is 0 Å². The average Bonchev–Trinajstić information content (AvgIpc) is 3.02. The van der Waals surface area contributed by atoms with Crippen molar-refractivity contribution in [2.24, 2.45) is 22.8 Å². The third-order valence-corrected chi connectivity index (χ3v) is 5.46. The number of hydrogen-bond donors (Lipinski definition) is 2. The maximum Gasteiger partial charge on any atom is 0.230 e. The third kappa shape index (κ3) is 4.42. The lowest BCUT2D eigenvalue weighted by Crippen LogP contribution is -2.47. The van der Waals surface area contributed by atoms with E-state index in [0.717, 1.165) is 25.9 Å². The first-order chi connectivity index (χ1) is 10.6. The second-order valence-electron chi connectivity index (χ2n) is 6.41. The molecule has 6 heteroatoms. The van der Waals surface area contributed by atoms with Crippen LogP contribution < -0.4 is 11.5 Å². The Morgan fingerprint density at radius 1 is 1.12 bits per heavy atom. The molecule has 1 fully saturated rings. The molecule has 4 N–H and O–H groups in total. The normalized spacial score (nSPS) is 20.2. The summed E-state index contributed by atoms with van der Waals surface area (Å²) in [5.74, 6) is 0.867. The summed E-state index contributed by atoms with van der Waals surface area (Å²) in [6.07, 6.45) is 1.58. The van der Waals surface area contributed by atoms with Crippen LogP contribution in [0.3, 0.4) is 0 Å². The summed E-state index contributed by atoms with van der Waals surface area (Å²) < 4.78 is 0. The van der Waals surface area contributed by atoms with Crippen molar-refractivity contribution < 1.29 is 4.79 Å². The van der Waals surface area contributed by atoms with E-state index in [1.54, 1.807) is 0 Å². The van der Waals surface area contributed by atoms with Gasteiger partial charge in [0.05, 0.1) is 5.41 Å². The summed E-state index contributed by atoms with van der Waals surface area (Å²) in [7, 11) is 0. The van der Waals surface area contributed by atoms with Gasteiger partial charge in [-0.25, -0.2) is 0 Å². The molecule has 0 aliphatic carbocycles. The Kier molecular flexibility index (Phi) is 9.90. The van der Waals surface area contributed by atoms with E-state index in [1.807, 2.05) is 11.0 Å². The Balaban J connectivity index is 0.00000264. The van der Waals surface area contributed by atoms with Crippen LogP contribution in [-0.2, 0) is 4.79 Å². The van der Waals surface area contributed by atoms with Crippen molar-refractivity contribution in [3.63, 3.8) is 0 Å². The molecule has 1 amide bonds. The minimum atomic E-state index is -0.412. The van der Waals surface area contributed by atoms with Crippen molar-refractivity contribution in [1.29, 1.82) is 0 Å². The number of halogens is 2. The molecule has 0 aromatic heterocycles. The molecule has 0 spiro atoms. The first-order valence-electron chi connectivity index (χ1n) is 8.36. The van der Waals surface area contributed by atoms with Crippen molar-refractivity contribution in [3.8, 4) is 0 Å². The summed E-state index contributed by atoms with van der Waals surface area (Å²) in [5.41, 5.74) is 12.8. The first kappa shape index (κ1) is 23.2. The van der Waals surface area contributed by atoms with Crippen LogP contribution in [0.1, 0.15) is 38.2 Å². The monoisotopic (exact) mass is 375 g/mol. The number of carbonyl (C=O) groups is 1. The smallest absolute Gasteiger partial charge is 0.230 e. The number of rotatable bonds is 6. The fraction of sp³-hybridized carbons (Fsp3) is 0.611. The number of amides is 1. The number of nitrogens with zero attached hydrogens (tertiary/aromatic N) is 1. The van der Waals surface area contributed by atoms with E-state index in [9.17, 15) is 4.79 Å². The van der Waals surface area contributed by atoms with Crippen LogP contribution in [0.4, 0.5) is 0 Å². The molecule has 2 rings (SSSR count). The Morgan fingerprint density at radius 2 is 1.71 bits per heavy atom. The van der Waals surface area contributed by atoms with E-state index < -0.39 is 5.41 Å². The predicted octanol–water partition coefficient (Wildman–Crippen LogP) is 2.80. The molecule has 1 aliphatic rings. The summed E-state index contributed by atoms with van der Waals surface area (Å²) in [6, 6.07) is 10.4. The molecular formula is C18H31Cl2N3O. The highest BCUT2D eigenvalue weighted by Gasteiger charge is 2.42. The summed E-state index contributed by atoms with van der Waals surface area (Å²) in [5, 5.41) is 0. The van der Waals surface area contributed by atoms with Crippen LogP contribution in [0.5, 0.6) is 0 Å². The highest BCUT2D eigenvalue weighted by atomic mass is 35.5. The van der Waals surface area contributed by atoms with Crippen molar-refractivity contribution >= 4 is 30.7 Å². The summed E-state index contributed by atoms with van der Waals surface area (Å²) in [6.45, 7) is 6.64. The van der Waals surface area contributed by atoms with E-state index in [0.29, 0.717) is 24.9 Å². The Morgan fingerprint density at radius 3 is 2.17 bits per heavy atom. The predicted molar refractivity (Wildman–Crippen MR) is 105 cm³/mol. The van der Waals surface area contributed by atoms with Gasteiger partial charge in [0.25, 0.3) is 0 Å². The fourth-order valence-corrected chi connectivity index (χ4v) is 3.62. The van der Waals surface area contributed by atoms with Crippen molar-refractivity contribution in [2.45, 2.75) is 32.6 Å². The number of hydrogen-bond acceptors (Lipinski definition) is 3. The Bertz CT molecular complexity index is 486. The molecule has 4 nitrogen and oxygen atoms in total. The van der Waals surface area contributed by atoms with Gasteiger partial charge in [-0.3, -0.25) is 4.79 Å². The SMILES string of the molecule is CCC(CC)(CN)C(=O)N1C[C@@H](CN)[C@H](c2ccccc2)C1.Cl.Cl. The van der Waals surface area contributed by atoms with Crippen LogP contribution in [0, 0.1) is 11.3 Å². The van der Waals surface area contributed by atoms with Gasteiger partial charge in [-0.2, -0.15) is 0 Å². The Hall–Kier alpha value is -0.810. The van der Waals surface area contributed by atoms with Crippen molar-refractivity contribution in [3.05, 3.63) is 35.9 Å². The standard InChI is InChI=1S/C18H29N3O.2ClH/c1-3-18(4-2,13-20)17(22)21-11-15(10-19)16(12-21)14-8-6-5-7-9-14;;/h5-9,15-16H,3-4,10-13,19-20H2,1-2H3;2*1H/t15-,16+;;/m1../s1. The lowest BCUT2D eigenvalue weighted by molar-refractivity contribution is -0.141. The quantitative estimate of drug-likeness (QED) is 0.802. The van der Waals surface area contributed by atoms with Gasteiger partial charge in [-0.1, -0.05) is 44.2 Å². The number of benzene rings is 1. The molecule has 1 heterocycles. The lowest BCUT2D eigenvalue weighted by Gasteiger charge is -2.33. The van der Waals surface area contributed by atoms with Crippen LogP contribution in [0.25, 0.3) is 0 Å². The largest absolute Gasteiger partial charge is 0.341 e. The van der Waals surface area contributed by atoms with E-state index in [1.165, 1.54) is 5.56 Å². The van der Waals surface area contributed by atoms with Gasteiger partial charge in [-0.15, -0.1) is 24.8 Å². The molecule has 0 saturated carbocycles. The first-order valence-corrected chi connectivity index (χ1v) is 8.36.